The average molecular weight is 863 g/mol. The van der Waals surface area contributed by atoms with Crippen LogP contribution < -0.4 is 13.8 Å². The molecule has 3 aliphatic heterocycles. The van der Waals surface area contributed by atoms with Crippen LogP contribution in [-0.2, 0) is 24.5 Å². The zero-order valence-electron chi connectivity index (χ0n) is 38.1. The number of hydrogen-bond acceptors (Lipinski definition) is 7. The Kier molecular flexibility index (Phi) is 13.8. The van der Waals surface area contributed by atoms with Crippen LogP contribution in [0.5, 0.6) is 23.0 Å². The second kappa shape index (κ2) is 18.9. The first-order valence-electron chi connectivity index (χ1n) is 24.5. The molecule has 0 amide bonds. The molecule has 332 valence electrons. The Morgan fingerprint density at radius 1 is 0.433 bits per heavy atom. The van der Waals surface area contributed by atoms with Crippen LogP contribution in [0.1, 0.15) is 156 Å². The third-order valence-electron chi connectivity index (χ3n) is 16.5. The lowest BCUT2D eigenvalue weighted by molar-refractivity contribution is -0.0277. The van der Waals surface area contributed by atoms with E-state index in [1.54, 1.807) is 0 Å². The van der Waals surface area contributed by atoms with Gasteiger partial charge in [-0.1, -0.05) is 79.7 Å². The Morgan fingerprint density at radius 2 is 0.750 bits per heavy atom. The van der Waals surface area contributed by atoms with Gasteiger partial charge in [0.25, 0.3) is 0 Å². The van der Waals surface area contributed by atoms with E-state index in [-0.39, 0.29) is 24.4 Å². The monoisotopic (exact) mass is 863 g/mol. The van der Waals surface area contributed by atoms with Gasteiger partial charge in [0.2, 0.25) is 0 Å². The lowest BCUT2D eigenvalue weighted by atomic mass is 9.68. The summed E-state index contributed by atoms with van der Waals surface area (Å²) in [7, 11) is -3.35. The summed E-state index contributed by atoms with van der Waals surface area (Å²) in [5, 5.41) is 0. The minimum absolute atomic E-state index is 0.136. The predicted molar refractivity (Wildman–Crippen MR) is 242 cm³/mol. The SMILES string of the molecule is CC(C)C1CC[C@H]2C[C@@H]3CC[C@@H](C(C)C)[C@@H](C3)OP(Oc3cccc4c3Oc3c(cccc3OP3O[C@@H]5C[C@@H](CCC5C(C)C)C[C@@H]5CC[C@@H](C(C)C)[C@@H](C5)O3)C4)O[C@@H]1C2. The fourth-order valence-corrected chi connectivity index (χ4v) is 15.8. The van der Waals surface area contributed by atoms with Gasteiger partial charge in [-0.3, -0.25) is 18.1 Å². The third kappa shape index (κ3) is 9.64. The molecule has 9 rings (SSSR count). The van der Waals surface area contributed by atoms with E-state index in [9.17, 15) is 0 Å². The Bertz CT molecular complexity index is 1560. The van der Waals surface area contributed by atoms with Crippen molar-refractivity contribution in [2.45, 2.75) is 176 Å². The summed E-state index contributed by atoms with van der Waals surface area (Å²) in [5.74, 6) is 9.95. The molecule has 6 fully saturated rings. The Morgan fingerprint density at radius 3 is 1.05 bits per heavy atom. The molecule has 7 aliphatic rings. The molecule has 2 saturated heterocycles. The van der Waals surface area contributed by atoms with Crippen molar-refractivity contribution >= 4 is 17.2 Å². The molecule has 0 aromatic heterocycles. The normalized spacial score (nSPS) is 38.1. The van der Waals surface area contributed by atoms with Gasteiger partial charge >= 0.3 is 17.2 Å². The maximum atomic E-state index is 7.15. The molecule has 0 spiro atoms. The van der Waals surface area contributed by atoms with Crippen LogP contribution in [0.25, 0.3) is 0 Å². The first kappa shape index (κ1) is 43.8. The maximum Gasteiger partial charge on any atom is 0.397 e. The molecule has 0 radical (unpaired) electrons. The van der Waals surface area contributed by atoms with Crippen molar-refractivity contribution in [3.63, 3.8) is 0 Å². The molecule has 4 aliphatic carbocycles. The quantitative estimate of drug-likeness (QED) is 0.209. The average Bonchev–Trinajstić information content (AvgIpc) is 3.20. The number of para-hydroxylation sites is 2. The summed E-state index contributed by atoms with van der Waals surface area (Å²) in [6.07, 6.45) is 18.5. The van der Waals surface area contributed by atoms with Crippen molar-refractivity contribution < 1.29 is 31.9 Å². The molecule has 2 aromatic rings. The molecular formula is C51H76O7P2. The van der Waals surface area contributed by atoms with E-state index in [1.165, 1.54) is 64.2 Å². The number of benzene rings is 2. The fourth-order valence-electron chi connectivity index (χ4n) is 13.1. The van der Waals surface area contributed by atoms with Gasteiger partial charge in [-0.2, -0.15) is 0 Å². The maximum absolute atomic E-state index is 7.15. The summed E-state index contributed by atoms with van der Waals surface area (Å²) in [6.45, 7) is 18.9. The lowest BCUT2D eigenvalue weighted by Crippen LogP contribution is -2.40. The van der Waals surface area contributed by atoms with Gasteiger partial charge in [0.05, 0.1) is 24.4 Å². The largest absolute Gasteiger partial charge is 0.449 e. The highest BCUT2D eigenvalue weighted by atomic mass is 31.2. The second-order valence-corrected chi connectivity index (χ2v) is 23.9. The molecule has 60 heavy (non-hydrogen) atoms. The zero-order valence-corrected chi connectivity index (χ0v) is 39.8. The van der Waals surface area contributed by atoms with Crippen molar-refractivity contribution in [3.8, 4) is 23.0 Å². The molecule has 8 bridgehead atoms. The molecule has 14 atom stereocenters. The van der Waals surface area contributed by atoms with Gasteiger partial charge in [0.15, 0.2) is 23.0 Å². The summed E-state index contributed by atoms with van der Waals surface area (Å²) < 4.78 is 49.7. The standard InChI is InChI=1S/C51H76O7P2/c1-30(2)40-19-15-34-23-35-16-20-41(31(3)4)47(26-35)56-59(55-46(40)25-34)53-44-13-9-11-38-29-39-12-10-14-45(51(39)52-50(38)44)54-60-57-48-27-36(17-21-42(48)32(5)6)24-37-18-22-43(33(7)8)49(28-37)58-60/h9-14,30-37,40-43,46-49H,15-29H2,1-8H3/t34-,35-,36-,37-,40-,41?,42-,43?,46+,47+,48+,49+,59?,60?/m0/s1. The molecule has 4 saturated carbocycles. The third-order valence-corrected chi connectivity index (χ3v) is 19.0. The van der Waals surface area contributed by atoms with E-state index in [0.717, 1.165) is 78.4 Å². The van der Waals surface area contributed by atoms with Crippen molar-refractivity contribution in [2.24, 2.45) is 71.0 Å². The predicted octanol–water partition coefficient (Wildman–Crippen LogP) is 15.2. The van der Waals surface area contributed by atoms with E-state index < -0.39 is 17.2 Å². The smallest absolute Gasteiger partial charge is 0.397 e. The first-order chi connectivity index (χ1) is 28.9. The Hall–Kier alpha value is -1.46. The van der Waals surface area contributed by atoms with Gasteiger partial charge in [0, 0.05) is 17.5 Å². The van der Waals surface area contributed by atoms with Crippen LogP contribution in [0, 0.1) is 71.0 Å². The summed E-state index contributed by atoms with van der Waals surface area (Å²) in [5.41, 5.74) is 2.20. The molecule has 2 aromatic carbocycles. The zero-order chi connectivity index (χ0) is 41.7. The van der Waals surface area contributed by atoms with Gasteiger partial charge in [-0.15, -0.1) is 0 Å². The lowest BCUT2D eigenvalue weighted by Gasteiger charge is -2.45. The van der Waals surface area contributed by atoms with Gasteiger partial charge in [-0.05, 0) is 173 Å². The summed E-state index contributed by atoms with van der Waals surface area (Å²) in [4.78, 5) is 0. The molecule has 9 heteroatoms. The van der Waals surface area contributed by atoms with E-state index in [1.807, 2.05) is 12.1 Å². The van der Waals surface area contributed by atoms with Gasteiger partial charge in [0.1, 0.15) is 0 Å². The highest BCUT2D eigenvalue weighted by molar-refractivity contribution is 7.42. The second-order valence-electron chi connectivity index (χ2n) is 21.8. The molecule has 4 unspecified atom stereocenters. The number of ether oxygens (including phenoxy) is 1. The van der Waals surface area contributed by atoms with Crippen LogP contribution in [0.4, 0.5) is 0 Å². The molecule has 0 N–H and O–H groups in total. The van der Waals surface area contributed by atoms with Gasteiger partial charge < -0.3 is 13.8 Å². The Balaban J connectivity index is 1.00. The van der Waals surface area contributed by atoms with Crippen molar-refractivity contribution in [2.75, 3.05) is 0 Å². The summed E-state index contributed by atoms with van der Waals surface area (Å²) >= 11 is 0. The highest BCUT2D eigenvalue weighted by Gasteiger charge is 2.45. The Labute approximate surface area is 365 Å². The number of fused-ring (bicyclic) bond motifs is 10. The van der Waals surface area contributed by atoms with Crippen LogP contribution in [0.2, 0.25) is 0 Å². The van der Waals surface area contributed by atoms with E-state index in [4.69, 9.17) is 31.9 Å². The van der Waals surface area contributed by atoms with Gasteiger partial charge in [-0.25, -0.2) is 0 Å². The van der Waals surface area contributed by atoms with Crippen LogP contribution in [-0.4, -0.2) is 24.4 Å². The van der Waals surface area contributed by atoms with Crippen LogP contribution >= 0.6 is 17.2 Å². The highest BCUT2D eigenvalue weighted by Crippen LogP contribution is 2.59. The van der Waals surface area contributed by atoms with Crippen LogP contribution in [0.15, 0.2) is 36.4 Å². The molecule has 7 nitrogen and oxygen atoms in total. The van der Waals surface area contributed by atoms with Crippen molar-refractivity contribution in [3.05, 3.63) is 47.5 Å². The van der Waals surface area contributed by atoms with E-state index in [0.29, 0.717) is 58.8 Å². The van der Waals surface area contributed by atoms with E-state index in [2.05, 4.69) is 79.7 Å². The van der Waals surface area contributed by atoms with E-state index >= 15 is 0 Å². The van der Waals surface area contributed by atoms with Crippen molar-refractivity contribution in [1.82, 2.24) is 0 Å². The minimum atomic E-state index is -1.68. The number of hydrogen-bond donors (Lipinski definition) is 0. The first-order valence-corrected chi connectivity index (χ1v) is 26.7. The van der Waals surface area contributed by atoms with Crippen LogP contribution in [0.3, 0.4) is 0 Å². The topological polar surface area (TPSA) is 64.6 Å². The molecule has 3 heterocycles. The number of rotatable bonds is 8. The molecular weight excluding hydrogens is 787 g/mol. The fraction of sp³-hybridized carbons (Fsp3) is 0.765. The van der Waals surface area contributed by atoms with Crippen molar-refractivity contribution in [1.29, 1.82) is 0 Å². The minimum Gasteiger partial charge on any atom is -0.449 e. The summed E-state index contributed by atoms with van der Waals surface area (Å²) in [6, 6.07) is 12.6.